The predicted octanol–water partition coefficient (Wildman–Crippen LogP) is 9.64. The van der Waals surface area contributed by atoms with E-state index in [1.165, 1.54) is 64.0 Å². The van der Waals surface area contributed by atoms with E-state index in [0.29, 0.717) is 0 Å². The number of benzene rings is 5. The minimum Gasteiger partial charge on any atom is -0.309 e. The fourth-order valence-electron chi connectivity index (χ4n) is 6.29. The van der Waals surface area contributed by atoms with E-state index in [1.54, 1.807) is 0 Å². The number of rotatable bonds is 2. The van der Waals surface area contributed by atoms with Gasteiger partial charge in [0.1, 0.15) is 5.65 Å². The van der Waals surface area contributed by atoms with Gasteiger partial charge in [-0.05, 0) is 66.7 Å². The second-order valence-electron chi connectivity index (χ2n) is 10.1. The van der Waals surface area contributed by atoms with Gasteiger partial charge in [-0.1, -0.05) is 54.6 Å². The average molecular weight is 516 g/mol. The molecular weight excluding hydrogens is 494 g/mol. The molecule has 9 rings (SSSR count). The number of hydrogen-bond donors (Lipinski definition) is 0. The van der Waals surface area contributed by atoms with Crippen molar-refractivity contribution in [2.24, 2.45) is 0 Å². The number of nitrogens with zero attached hydrogens (tertiary/aromatic N) is 3. The van der Waals surface area contributed by atoms with Gasteiger partial charge in [-0.3, -0.25) is 4.57 Å². The summed E-state index contributed by atoms with van der Waals surface area (Å²) < 4.78 is 7.35. The van der Waals surface area contributed by atoms with Crippen LogP contribution >= 0.6 is 11.3 Å². The molecule has 4 heteroatoms. The first-order chi connectivity index (χ1) is 19.3. The van der Waals surface area contributed by atoms with Crippen LogP contribution in [0.4, 0.5) is 0 Å². The highest BCUT2D eigenvalue weighted by Crippen LogP contribution is 2.39. The van der Waals surface area contributed by atoms with Crippen LogP contribution in [0.2, 0.25) is 0 Å². The molecular formula is C35H21N3S. The second-order valence-corrected chi connectivity index (χ2v) is 11.1. The van der Waals surface area contributed by atoms with Gasteiger partial charge in [0, 0.05) is 59.3 Å². The topological polar surface area (TPSA) is 22.8 Å². The smallest absolute Gasteiger partial charge is 0.145 e. The zero-order valence-electron chi connectivity index (χ0n) is 20.9. The van der Waals surface area contributed by atoms with Crippen LogP contribution in [0.1, 0.15) is 0 Å². The molecule has 5 aromatic carbocycles. The highest BCUT2D eigenvalue weighted by Gasteiger charge is 2.17. The molecule has 0 amide bonds. The number of thiophene rings is 1. The van der Waals surface area contributed by atoms with Crippen LogP contribution in [-0.2, 0) is 0 Å². The van der Waals surface area contributed by atoms with Crippen molar-refractivity contribution in [1.29, 1.82) is 0 Å². The van der Waals surface area contributed by atoms with Gasteiger partial charge in [0.2, 0.25) is 0 Å². The molecule has 0 saturated carbocycles. The summed E-state index contributed by atoms with van der Waals surface area (Å²) in [5, 5.41) is 7.51. The third kappa shape index (κ3) is 2.89. The average Bonchev–Trinajstić information content (AvgIpc) is 3.64. The van der Waals surface area contributed by atoms with E-state index in [4.69, 9.17) is 4.98 Å². The minimum atomic E-state index is 0.983. The molecule has 4 heterocycles. The Labute approximate surface area is 227 Å². The zero-order chi connectivity index (χ0) is 25.5. The van der Waals surface area contributed by atoms with Crippen molar-refractivity contribution in [2.75, 3.05) is 0 Å². The second kappa shape index (κ2) is 7.79. The van der Waals surface area contributed by atoms with Crippen molar-refractivity contribution in [1.82, 2.24) is 14.1 Å². The van der Waals surface area contributed by atoms with Gasteiger partial charge in [0.05, 0.1) is 16.6 Å². The molecule has 0 atom stereocenters. The lowest BCUT2D eigenvalue weighted by atomic mass is 10.1. The molecule has 0 aliphatic carbocycles. The van der Waals surface area contributed by atoms with E-state index in [1.807, 2.05) is 23.6 Å². The molecule has 0 bridgehead atoms. The number of fused-ring (bicyclic) bond motifs is 9. The van der Waals surface area contributed by atoms with E-state index in [0.717, 1.165) is 11.3 Å². The molecule has 39 heavy (non-hydrogen) atoms. The lowest BCUT2D eigenvalue weighted by Crippen LogP contribution is -1.96. The lowest BCUT2D eigenvalue weighted by Gasteiger charge is -2.10. The van der Waals surface area contributed by atoms with Crippen LogP contribution in [0.3, 0.4) is 0 Å². The van der Waals surface area contributed by atoms with Gasteiger partial charge in [-0.25, -0.2) is 4.98 Å². The maximum Gasteiger partial charge on any atom is 0.145 e. The minimum absolute atomic E-state index is 0.983. The van der Waals surface area contributed by atoms with E-state index in [2.05, 4.69) is 124 Å². The largest absolute Gasteiger partial charge is 0.309 e. The summed E-state index contributed by atoms with van der Waals surface area (Å²) in [6, 6.07) is 43.9. The van der Waals surface area contributed by atoms with Crippen molar-refractivity contribution in [3.63, 3.8) is 0 Å². The highest BCUT2D eigenvalue weighted by atomic mass is 32.1. The Morgan fingerprint density at radius 3 is 1.90 bits per heavy atom. The molecule has 4 aromatic heterocycles. The van der Waals surface area contributed by atoms with Crippen molar-refractivity contribution in [3.05, 3.63) is 128 Å². The Bertz CT molecular complexity index is 2350. The maximum absolute atomic E-state index is 4.80. The molecule has 0 unspecified atom stereocenters. The van der Waals surface area contributed by atoms with E-state index in [-0.39, 0.29) is 0 Å². The first-order valence-corrected chi connectivity index (χ1v) is 14.0. The fourth-order valence-corrected chi connectivity index (χ4v) is 7.37. The van der Waals surface area contributed by atoms with Crippen molar-refractivity contribution in [2.45, 2.75) is 0 Å². The summed E-state index contributed by atoms with van der Waals surface area (Å²) in [4.78, 5) is 4.80. The quantitative estimate of drug-likeness (QED) is 0.225. The molecule has 182 valence electrons. The van der Waals surface area contributed by atoms with Crippen LogP contribution in [0.15, 0.2) is 128 Å². The van der Waals surface area contributed by atoms with Gasteiger partial charge in [-0.15, -0.1) is 11.3 Å². The lowest BCUT2D eigenvalue weighted by molar-refractivity contribution is 1.14. The Morgan fingerprint density at radius 2 is 1.03 bits per heavy atom. The normalized spacial score (nSPS) is 12.1. The third-order valence-electron chi connectivity index (χ3n) is 7.97. The summed E-state index contributed by atoms with van der Waals surface area (Å²) in [6.07, 6.45) is 1.88. The summed E-state index contributed by atoms with van der Waals surface area (Å²) >= 11 is 1.86. The SMILES string of the molecule is c1ccc2c(c1)sc1ccc(-n3c4ccccc4c4cc(-n5c6ccccc6c6cccnc65)ccc43)cc12. The Balaban J connectivity index is 1.34. The first kappa shape index (κ1) is 21.1. The standard InChI is InChI=1S/C35H21N3S/c1-5-13-31-24(8-1)27-11-7-19-36-35(27)38(31)23-15-17-32-28(20-23)25-9-2-4-12-30(25)37(32)22-16-18-34-29(21-22)26-10-3-6-14-33(26)39-34/h1-21H. The van der Waals surface area contributed by atoms with E-state index < -0.39 is 0 Å². The van der Waals surface area contributed by atoms with Crippen LogP contribution in [0, 0.1) is 0 Å². The Kier molecular flexibility index (Phi) is 4.21. The maximum atomic E-state index is 4.80. The van der Waals surface area contributed by atoms with Crippen molar-refractivity contribution < 1.29 is 0 Å². The Hall–Kier alpha value is -4.93. The summed E-state index contributed by atoms with van der Waals surface area (Å²) in [6.45, 7) is 0. The van der Waals surface area contributed by atoms with Crippen molar-refractivity contribution in [3.8, 4) is 11.4 Å². The molecule has 0 aliphatic rings. The molecule has 0 aliphatic heterocycles. The molecule has 0 spiro atoms. The van der Waals surface area contributed by atoms with Gasteiger partial charge in [0.15, 0.2) is 0 Å². The molecule has 9 aromatic rings. The summed E-state index contributed by atoms with van der Waals surface area (Å²) in [5.74, 6) is 0. The van der Waals surface area contributed by atoms with E-state index in [9.17, 15) is 0 Å². The molecule has 3 nitrogen and oxygen atoms in total. The molecule has 0 radical (unpaired) electrons. The highest BCUT2D eigenvalue weighted by molar-refractivity contribution is 7.25. The molecule has 0 N–H and O–H groups in total. The summed E-state index contributed by atoms with van der Waals surface area (Å²) in [5.41, 5.74) is 6.87. The van der Waals surface area contributed by atoms with Crippen LogP contribution in [0.25, 0.3) is 75.3 Å². The first-order valence-electron chi connectivity index (χ1n) is 13.1. The zero-order valence-corrected chi connectivity index (χ0v) is 21.7. The van der Waals surface area contributed by atoms with Gasteiger partial charge < -0.3 is 4.57 Å². The molecule has 0 saturated heterocycles. The molecule has 0 fully saturated rings. The van der Waals surface area contributed by atoms with Crippen LogP contribution in [0.5, 0.6) is 0 Å². The monoisotopic (exact) mass is 515 g/mol. The number of pyridine rings is 1. The Morgan fingerprint density at radius 1 is 0.436 bits per heavy atom. The predicted molar refractivity (Wildman–Crippen MR) is 166 cm³/mol. The third-order valence-corrected chi connectivity index (χ3v) is 9.12. The van der Waals surface area contributed by atoms with Gasteiger partial charge in [-0.2, -0.15) is 0 Å². The number of para-hydroxylation sites is 2. The van der Waals surface area contributed by atoms with E-state index >= 15 is 0 Å². The van der Waals surface area contributed by atoms with Gasteiger partial charge >= 0.3 is 0 Å². The number of aromatic nitrogens is 3. The number of hydrogen-bond acceptors (Lipinski definition) is 2. The van der Waals surface area contributed by atoms with Crippen LogP contribution < -0.4 is 0 Å². The van der Waals surface area contributed by atoms with Crippen molar-refractivity contribution >= 4 is 75.3 Å². The van der Waals surface area contributed by atoms with Crippen LogP contribution in [-0.4, -0.2) is 14.1 Å². The van der Waals surface area contributed by atoms with Gasteiger partial charge in [0.25, 0.3) is 0 Å². The summed E-state index contributed by atoms with van der Waals surface area (Å²) in [7, 11) is 0. The fraction of sp³-hybridized carbons (Fsp3) is 0.